The van der Waals surface area contributed by atoms with Crippen molar-refractivity contribution in [1.29, 1.82) is 0 Å². The van der Waals surface area contributed by atoms with E-state index in [9.17, 15) is 20.1 Å². The number of rotatable bonds is 3. The van der Waals surface area contributed by atoms with Gasteiger partial charge in [-0.2, -0.15) is 0 Å². The first kappa shape index (κ1) is 27.2. The van der Waals surface area contributed by atoms with Crippen molar-refractivity contribution in [1.82, 2.24) is 0 Å². The summed E-state index contributed by atoms with van der Waals surface area (Å²) in [6, 6.07) is -0.626. The van der Waals surface area contributed by atoms with Crippen LogP contribution in [0.25, 0.3) is 0 Å². The maximum atomic E-state index is 11.8. The summed E-state index contributed by atoms with van der Waals surface area (Å²) in [4.78, 5) is 11.8. The maximum Gasteiger partial charge on any atom is 0.331 e. The summed E-state index contributed by atoms with van der Waals surface area (Å²) in [6.45, 7) is 6.93. The summed E-state index contributed by atoms with van der Waals surface area (Å²) >= 11 is 0. The molecular weight excluding hydrogens is 486 g/mol. The Kier molecular flexibility index (Phi) is 7.01. The van der Waals surface area contributed by atoms with Gasteiger partial charge in [0.05, 0.1) is 24.4 Å². The van der Waals surface area contributed by atoms with E-state index < -0.39 is 24.5 Å². The second-order valence-corrected chi connectivity index (χ2v) is 14.0. The number of ether oxygens (including phenoxy) is 3. The van der Waals surface area contributed by atoms with Crippen molar-refractivity contribution in [3.63, 3.8) is 0 Å². The Labute approximate surface area is 226 Å². The highest BCUT2D eigenvalue weighted by atomic mass is 16.7. The summed E-state index contributed by atoms with van der Waals surface area (Å²) in [5.41, 5.74) is 7.01. The SMILES string of the molecule is CC1OC(OC2CCC3(C)C(CCC4C5CCC(C6=CC(=O)OC6)C(C)(CCC43)C5O)C2)C(O)C(O)C1N. The van der Waals surface area contributed by atoms with E-state index in [1.54, 1.807) is 6.08 Å². The Balaban J connectivity index is 1.17. The van der Waals surface area contributed by atoms with Gasteiger partial charge in [-0.05, 0) is 105 Å². The minimum absolute atomic E-state index is 0.0117. The molecule has 2 heterocycles. The minimum Gasteiger partial charge on any atom is -0.458 e. The Bertz CT molecular complexity index is 957. The van der Waals surface area contributed by atoms with Crippen molar-refractivity contribution < 1.29 is 34.3 Å². The van der Waals surface area contributed by atoms with Crippen LogP contribution in [0.3, 0.4) is 0 Å². The van der Waals surface area contributed by atoms with E-state index in [4.69, 9.17) is 19.9 Å². The molecule has 0 radical (unpaired) electrons. The van der Waals surface area contributed by atoms with Crippen LogP contribution in [0.15, 0.2) is 11.6 Å². The number of aliphatic hydroxyl groups is 3. The fourth-order valence-corrected chi connectivity index (χ4v) is 9.91. The van der Waals surface area contributed by atoms with Crippen molar-refractivity contribution >= 4 is 5.97 Å². The summed E-state index contributed by atoms with van der Waals surface area (Å²) in [7, 11) is 0. The third kappa shape index (κ3) is 4.20. The predicted octanol–water partition coefficient (Wildman–Crippen LogP) is 2.67. The summed E-state index contributed by atoms with van der Waals surface area (Å²) in [6.07, 6.45) is 7.17. The molecule has 2 bridgehead atoms. The normalized spacial score (nSPS) is 54.8. The number of hydrogen-bond acceptors (Lipinski definition) is 8. The zero-order valence-electron chi connectivity index (χ0n) is 23.1. The predicted molar refractivity (Wildman–Crippen MR) is 139 cm³/mol. The molecule has 1 saturated heterocycles. The minimum atomic E-state index is -1.14. The molecule has 5 fully saturated rings. The van der Waals surface area contributed by atoms with E-state index in [1.807, 2.05) is 6.92 Å². The van der Waals surface area contributed by atoms with E-state index in [0.717, 1.165) is 63.4 Å². The molecular formula is C30H47NO7. The molecule has 6 rings (SSSR count). The highest BCUT2D eigenvalue weighted by molar-refractivity contribution is 5.85. The largest absolute Gasteiger partial charge is 0.458 e. The molecule has 4 aliphatic carbocycles. The zero-order chi connectivity index (χ0) is 27.0. The lowest BCUT2D eigenvalue weighted by atomic mass is 9.49. The molecule has 6 aliphatic rings. The number of cyclic esters (lactones) is 1. The summed E-state index contributed by atoms with van der Waals surface area (Å²) in [5, 5.41) is 32.7. The molecule has 14 atom stereocenters. The number of hydrogen-bond donors (Lipinski definition) is 4. The number of aliphatic hydroxyl groups excluding tert-OH is 3. The molecule has 214 valence electrons. The van der Waals surface area contributed by atoms with E-state index >= 15 is 0 Å². The molecule has 0 aromatic heterocycles. The van der Waals surface area contributed by atoms with Crippen molar-refractivity contribution in [2.45, 2.75) is 121 Å². The lowest BCUT2D eigenvalue weighted by molar-refractivity contribution is -0.289. The Hall–Kier alpha value is -1.03. The highest BCUT2D eigenvalue weighted by Gasteiger charge is 2.60. The van der Waals surface area contributed by atoms with Gasteiger partial charge in [0.15, 0.2) is 6.29 Å². The van der Waals surface area contributed by atoms with Crippen LogP contribution in [-0.2, 0) is 19.0 Å². The van der Waals surface area contributed by atoms with Crippen molar-refractivity contribution in [2.75, 3.05) is 6.61 Å². The Morgan fingerprint density at radius 3 is 2.45 bits per heavy atom. The van der Waals surface area contributed by atoms with Crippen LogP contribution in [-0.4, -0.2) is 70.7 Å². The fraction of sp³-hybridized carbons (Fsp3) is 0.900. The molecule has 0 aromatic carbocycles. The van der Waals surface area contributed by atoms with Crippen molar-refractivity contribution in [3.8, 4) is 0 Å². The average molecular weight is 534 g/mol. The molecule has 14 unspecified atom stereocenters. The lowest BCUT2D eigenvalue weighted by Crippen LogP contribution is -2.61. The number of nitrogens with two attached hydrogens (primary N) is 1. The van der Waals surface area contributed by atoms with Gasteiger partial charge in [0, 0.05) is 11.5 Å². The summed E-state index contributed by atoms with van der Waals surface area (Å²) < 4.78 is 17.4. The lowest BCUT2D eigenvalue weighted by Gasteiger charge is -2.57. The second kappa shape index (κ2) is 9.81. The fourth-order valence-electron chi connectivity index (χ4n) is 9.91. The molecule has 2 aliphatic heterocycles. The molecule has 8 nitrogen and oxygen atoms in total. The first-order valence-corrected chi connectivity index (χ1v) is 15.0. The number of carbonyl (C=O) groups is 1. The number of carbonyl (C=O) groups excluding carboxylic acids is 1. The topological polar surface area (TPSA) is 131 Å². The van der Waals surface area contributed by atoms with Gasteiger partial charge < -0.3 is 35.3 Å². The zero-order valence-corrected chi connectivity index (χ0v) is 23.1. The van der Waals surface area contributed by atoms with Crippen molar-refractivity contribution in [2.24, 2.45) is 46.2 Å². The molecule has 8 heteroatoms. The monoisotopic (exact) mass is 533 g/mol. The van der Waals surface area contributed by atoms with Crippen LogP contribution in [0.1, 0.15) is 78.6 Å². The van der Waals surface area contributed by atoms with Crippen LogP contribution in [0.2, 0.25) is 0 Å². The van der Waals surface area contributed by atoms with Gasteiger partial charge in [-0.1, -0.05) is 13.8 Å². The summed E-state index contributed by atoms with van der Waals surface area (Å²) in [5.74, 6) is 1.90. The van der Waals surface area contributed by atoms with Crippen LogP contribution >= 0.6 is 0 Å². The van der Waals surface area contributed by atoms with Gasteiger partial charge >= 0.3 is 5.97 Å². The molecule has 4 saturated carbocycles. The number of fused-ring (bicyclic) bond motifs is 6. The maximum absolute atomic E-state index is 11.8. The molecule has 5 N–H and O–H groups in total. The van der Waals surface area contributed by atoms with Gasteiger partial charge in [0.25, 0.3) is 0 Å². The highest BCUT2D eigenvalue weighted by Crippen LogP contribution is 2.65. The third-order valence-electron chi connectivity index (χ3n) is 12.3. The third-order valence-corrected chi connectivity index (χ3v) is 12.3. The van der Waals surface area contributed by atoms with Crippen LogP contribution < -0.4 is 5.73 Å². The van der Waals surface area contributed by atoms with E-state index in [-0.39, 0.29) is 41.0 Å². The van der Waals surface area contributed by atoms with E-state index in [0.29, 0.717) is 30.3 Å². The van der Waals surface area contributed by atoms with Gasteiger partial charge in [0.1, 0.15) is 18.8 Å². The van der Waals surface area contributed by atoms with Crippen LogP contribution in [0.5, 0.6) is 0 Å². The molecule has 0 spiro atoms. The first-order valence-electron chi connectivity index (χ1n) is 15.0. The smallest absolute Gasteiger partial charge is 0.331 e. The van der Waals surface area contributed by atoms with E-state index in [2.05, 4.69) is 13.8 Å². The van der Waals surface area contributed by atoms with Gasteiger partial charge in [-0.3, -0.25) is 0 Å². The molecule has 38 heavy (non-hydrogen) atoms. The van der Waals surface area contributed by atoms with Gasteiger partial charge in [-0.25, -0.2) is 4.79 Å². The van der Waals surface area contributed by atoms with Crippen LogP contribution in [0.4, 0.5) is 0 Å². The molecule has 0 amide bonds. The second-order valence-electron chi connectivity index (χ2n) is 14.0. The molecule has 0 aromatic rings. The Morgan fingerprint density at radius 2 is 1.71 bits per heavy atom. The standard InChI is InChI=1S/C30H47NO7/c1-15-24(31)25(33)26(34)28(37-15)38-18-8-10-29(2)17(13-18)4-5-19-20-6-7-21(16-12-23(32)36-14-16)30(3,27(20)35)11-9-22(19)29/h12,15,17-22,24-28,33-35H,4-11,13-14,31H2,1-3H3. The van der Waals surface area contributed by atoms with Gasteiger partial charge in [0.2, 0.25) is 0 Å². The first-order chi connectivity index (χ1) is 18.0. The van der Waals surface area contributed by atoms with Crippen LogP contribution in [0, 0.1) is 40.4 Å². The van der Waals surface area contributed by atoms with Crippen molar-refractivity contribution in [3.05, 3.63) is 11.6 Å². The Morgan fingerprint density at radius 1 is 0.974 bits per heavy atom. The van der Waals surface area contributed by atoms with E-state index in [1.165, 1.54) is 0 Å². The van der Waals surface area contributed by atoms with Gasteiger partial charge in [-0.15, -0.1) is 0 Å². The number of esters is 1. The quantitative estimate of drug-likeness (QED) is 0.322. The average Bonchev–Trinajstić information content (AvgIpc) is 3.30.